The summed E-state index contributed by atoms with van der Waals surface area (Å²) in [5.74, 6) is -0.282. The van der Waals surface area contributed by atoms with Crippen LogP contribution in [0.1, 0.15) is 48.7 Å². The number of hydrogen-bond acceptors (Lipinski definition) is 6. The zero-order valence-corrected chi connectivity index (χ0v) is 22.4. The van der Waals surface area contributed by atoms with E-state index in [1.54, 1.807) is 6.07 Å². The number of nitrogens with zero attached hydrogens (tertiary/aromatic N) is 5. The van der Waals surface area contributed by atoms with Crippen LogP contribution in [0.4, 0.5) is 5.69 Å². The fraction of sp³-hybridized carbons (Fsp3) is 0.290. The number of fused-ring (bicyclic) bond motifs is 2. The minimum atomic E-state index is -0.456. The molecule has 2 aromatic carbocycles. The number of para-hydroxylation sites is 1. The molecular formula is C31H33N7O. The van der Waals surface area contributed by atoms with E-state index in [4.69, 9.17) is 20.8 Å². The summed E-state index contributed by atoms with van der Waals surface area (Å²) in [5.41, 5.74) is 12.5. The Balaban J connectivity index is 1.43. The summed E-state index contributed by atoms with van der Waals surface area (Å²) < 4.78 is 1.87. The van der Waals surface area contributed by atoms with Crippen LogP contribution in [0, 0.1) is 0 Å². The summed E-state index contributed by atoms with van der Waals surface area (Å²) in [5, 5.41) is 10.6. The molecule has 1 aliphatic rings. The molecule has 6 rings (SSSR count). The Hall–Kier alpha value is -4.30. The second-order valence-electron chi connectivity index (χ2n) is 10.5. The van der Waals surface area contributed by atoms with Gasteiger partial charge >= 0.3 is 0 Å². The van der Waals surface area contributed by atoms with E-state index in [-0.39, 0.29) is 5.92 Å². The van der Waals surface area contributed by atoms with Crippen molar-refractivity contribution in [2.24, 2.45) is 5.73 Å². The number of rotatable bonds is 8. The third-order valence-corrected chi connectivity index (χ3v) is 7.50. The van der Waals surface area contributed by atoms with Crippen molar-refractivity contribution in [2.75, 3.05) is 31.5 Å². The van der Waals surface area contributed by atoms with E-state index in [2.05, 4.69) is 36.2 Å². The number of nitrogens with two attached hydrogens (primary N) is 1. The fourth-order valence-electron chi connectivity index (χ4n) is 5.49. The summed E-state index contributed by atoms with van der Waals surface area (Å²) in [6.45, 7) is 8.20. The minimum Gasteiger partial charge on any atom is -0.383 e. The highest BCUT2D eigenvalue weighted by molar-refractivity contribution is 6.00. The quantitative estimate of drug-likeness (QED) is 0.286. The first-order chi connectivity index (χ1) is 19.0. The minimum absolute atomic E-state index is 0.174. The summed E-state index contributed by atoms with van der Waals surface area (Å²) in [4.78, 5) is 24.1. The largest absolute Gasteiger partial charge is 0.383 e. The molecule has 3 aromatic heterocycles. The van der Waals surface area contributed by atoms with E-state index in [9.17, 15) is 4.79 Å². The molecule has 39 heavy (non-hydrogen) atoms. The lowest BCUT2D eigenvalue weighted by atomic mass is 9.98. The SMILES string of the molecule is CC(C)c1nn(-c2ccc(C(N)=O)c(NCCN3CCCC3)c2)c2nccc(-c3cnc4ccccc4c3)c12. The summed E-state index contributed by atoms with van der Waals surface area (Å²) in [7, 11) is 0. The van der Waals surface area contributed by atoms with E-state index in [1.807, 2.05) is 53.5 Å². The number of primary amides is 1. The van der Waals surface area contributed by atoms with Gasteiger partial charge in [0.2, 0.25) is 0 Å². The molecule has 198 valence electrons. The second-order valence-corrected chi connectivity index (χ2v) is 10.5. The van der Waals surface area contributed by atoms with Gasteiger partial charge in [0.05, 0.1) is 27.8 Å². The van der Waals surface area contributed by atoms with Crippen LogP contribution in [0.3, 0.4) is 0 Å². The van der Waals surface area contributed by atoms with Gasteiger partial charge in [-0.25, -0.2) is 9.67 Å². The van der Waals surface area contributed by atoms with E-state index < -0.39 is 5.91 Å². The van der Waals surface area contributed by atoms with Crippen molar-refractivity contribution in [2.45, 2.75) is 32.6 Å². The highest BCUT2D eigenvalue weighted by Gasteiger charge is 2.21. The highest BCUT2D eigenvalue weighted by Crippen LogP contribution is 2.35. The Labute approximate surface area is 227 Å². The predicted molar refractivity (Wildman–Crippen MR) is 156 cm³/mol. The van der Waals surface area contributed by atoms with Crippen LogP contribution in [0.15, 0.2) is 67.0 Å². The van der Waals surface area contributed by atoms with Crippen LogP contribution in [0.2, 0.25) is 0 Å². The number of amides is 1. The Morgan fingerprint density at radius 2 is 1.87 bits per heavy atom. The molecule has 8 heteroatoms. The lowest BCUT2D eigenvalue weighted by molar-refractivity contribution is 0.100. The topological polar surface area (TPSA) is 102 Å². The molecule has 0 radical (unpaired) electrons. The smallest absolute Gasteiger partial charge is 0.250 e. The van der Waals surface area contributed by atoms with Gasteiger partial charge in [-0.2, -0.15) is 5.10 Å². The number of carbonyl (C=O) groups is 1. The molecular weight excluding hydrogens is 486 g/mol. The summed E-state index contributed by atoms with van der Waals surface area (Å²) in [6, 6.07) is 17.9. The number of anilines is 1. The maximum Gasteiger partial charge on any atom is 0.250 e. The molecule has 0 saturated carbocycles. The molecule has 0 aliphatic carbocycles. The van der Waals surface area contributed by atoms with Gasteiger partial charge in [-0.3, -0.25) is 9.78 Å². The van der Waals surface area contributed by atoms with Crippen LogP contribution in [0.25, 0.3) is 38.8 Å². The number of pyridine rings is 2. The van der Waals surface area contributed by atoms with Crippen molar-refractivity contribution in [3.05, 3.63) is 78.2 Å². The lowest BCUT2D eigenvalue weighted by Gasteiger charge is -2.17. The molecule has 3 N–H and O–H groups in total. The first-order valence-electron chi connectivity index (χ1n) is 13.6. The van der Waals surface area contributed by atoms with E-state index in [0.29, 0.717) is 11.3 Å². The highest BCUT2D eigenvalue weighted by atomic mass is 16.1. The third-order valence-electron chi connectivity index (χ3n) is 7.50. The predicted octanol–water partition coefficient (Wildman–Crippen LogP) is 5.37. The molecule has 4 heterocycles. The standard InChI is InChI=1S/C31H33N7O/c1-20(2)29-28-24(22-17-21-7-3-4-8-26(21)35-19-22)11-12-34-31(28)38(36-29)23-9-10-25(30(32)39)27(18-23)33-13-16-37-14-5-6-15-37/h3-4,7-12,17-20,33H,5-6,13-16H2,1-2H3,(H2,32,39). The van der Waals surface area contributed by atoms with Crippen LogP contribution >= 0.6 is 0 Å². The van der Waals surface area contributed by atoms with Gasteiger partial charge in [-0.05, 0) is 73.8 Å². The molecule has 0 bridgehead atoms. The Morgan fingerprint density at radius 1 is 1.05 bits per heavy atom. The molecule has 8 nitrogen and oxygen atoms in total. The van der Waals surface area contributed by atoms with Crippen LogP contribution < -0.4 is 11.1 Å². The lowest BCUT2D eigenvalue weighted by Crippen LogP contribution is -2.26. The molecule has 5 aromatic rings. The van der Waals surface area contributed by atoms with Crippen LogP contribution in [-0.2, 0) is 0 Å². The maximum atomic E-state index is 12.2. The average Bonchev–Trinajstić information content (AvgIpc) is 3.61. The maximum absolute atomic E-state index is 12.2. The third kappa shape index (κ3) is 4.83. The average molecular weight is 520 g/mol. The van der Waals surface area contributed by atoms with Crippen molar-refractivity contribution in [1.82, 2.24) is 24.6 Å². The molecule has 1 saturated heterocycles. The van der Waals surface area contributed by atoms with Gasteiger partial charge in [0, 0.05) is 42.1 Å². The summed E-state index contributed by atoms with van der Waals surface area (Å²) >= 11 is 0. The van der Waals surface area contributed by atoms with Crippen molar-refractivity contribution in [3.63, 3.8) is 0 Å². The zero-order chi connectivity index (χ0) is 26.9. The number of nitrogens with one attached hydrogen (secondary N) is 1. The first-order valence-corrected chi connectivity index (χ1v) is 13.6. The van der Waals surface area contributed by atoms with Crippen molar-refractivity contribution in [1.29, 1.82) is 0 Å². The zero-order valence-electron chi connectivity index (χ0n) is 22.4. The number of benzene rings is 2. The van der Waals surface area contributed by atoms with Crippen LogP contribution in [-0.4, -0.2) is 56.7 Å². The Bertz CT molecular complexity index is 1670. The fourth-order valence-corrected chi connectivity index (χ4v) is 5.49. The van der Waals surface area contributed by atoms with E-state index in [1.165, 1.54) is 12.8 Å². The van der Waals surface area contributed by atoms with Gasteiger partial charge in [-0.1, -0.05) is 32.0 Å². The van der Waals surface area contributed by atoms with E-state index in [0.717, 1.165) is 70.6 Å². The van der Waals surface area contributed by atoms with Crippen LogP contribution in [0.5, 0.6) is 0 Å². The molecule has 1 fully saturated rings. The molecule has 0 atom stereocenters. The van der Waals surface area contributed by atoms with Gasteiger partial charge in [0.25, 0.3) is 5.91 Å². The van der Waals surface area contributed by atoms with Gasteiger partial charge in [0.15, 0.2) is 5.65 Å². The van der Waals surface area contributed by atoms with Crippen molar-refractivity contribution < 1.29 is 4.79 Å². The second kappa shape index (κ2) is 10.5. The molecule has 0 spiro atoms. The molecule has 1 aliphatic heterocycles. The van der Waals surface area contributed by atoms with Crippen molar-refractivity contribution in [3.8, 4) is 16.8 Å². The number of likely N-dealkylation sites (tertiary alicyclic amines) is 1. The number of hydrogen-bond donors (Lipinski definition) is 2. The molecule has 1 amide bonds. The number of aromatic nitrogens is 4. The monoisotopic (exact) mass is 519 g/mol. The van der Waals surface area contributed by atoms with Gasteiger partial charge in [-0.15, -0.1) is 0 Å². The Morgan fingerprint density at radius 3 is 2.67 bits per heavy atom. The van der Waals surface area contributed by atoms with E-state index >= 15 is 0 Å². The summed E-state index contributed by atoms with van der Waals surface area (Å²) in [6.07, 6.45) is 6.23. The van der Waals surface area contributed by atoms with Crippen molar-refractivity contribution >= 4 is 33.5 Å². The van der Waals surface area contributed by atoms with Gasteiger partial charge in [0.1, 0.15) is 0 Å². The molecule has 0 unspecified atom stereocenters. The number of carbonyl (C=O) groups excluding carboxylic acids is 1. The normalized spacial score (nSPS) is 14.0. The first kappa shape index (κ1) is 25.0. The Kier molecular flexibility index (Phi) is 6.70. The van der Waals surface area contributed by atoms with Gasteiger partial charge < -0.3 is 16.0 Å².